The van der Waals surface area contributed by atoms with Gasteiger partial charge in [-0.2, -0.15) is 9.97 Å². The molecule has 0 saturated carbocycles. The fourth-order valence-electron chi connectivity index (χ4n) is 2.40. The van der Waals surface area contributed by atoms with E-state index in [4.69, 9.17) is 30.6 Å². The van der Waals surface area contributed by atoms with Gasteiger partial charge in [-0.05, 0) is 53.7 Å². The molecule has 0 bridgehead atoms. The highest BCUT2D eigenvalue weighted by Crippen LogP contribution is 2.34. The van der Waals surface area contributed by atoms with Gasteiger partial charge in [0.2, 0.25) is 11.8 Å². The molecule has 1 aromatic heterocycles. The Bertz CT molecular complexity index is 1070. The molecule has 0 radical (unpaired) electrons. The van der Waals surface area contributed by atoms with Gasteiger partial charge < -0.3 is 19.0 Å². The average Bonchev–Trinajstić information content (AvgIpc) is 2.79. The second-order valence-electron chi connectivity index (χ2n) is 5.84. The first-order valence-electron chi connectivity index (χ1n) is 8.86. The smallest absolute Gasteiger partial charge is 0.368 e. The first-order chi connectivity index (χ1) is 15.0. The molecule has 0 saturated heterocycles. The number of halogens is 1. The van der Waals surface area contributed by atoms with Crippen LogP contribution >= 0.6 is 23.4 Å². The highest BCUT2D eigenvalue weighted by molar-refractivity contribution is 7.99. The molecule has 10 heteroatoms. The molecule has 3 aromatic rings. The van der Waals surface area contributed by atoms with Gasteiger partial charge in [-0.3, -0.25) is 0 Å². The van der Waals surface area contributed by atoms with Crippen LogP contribution < -0.4 is 14.2 Å². The predicted octanol–water partition coefficient (Wildman–Crippen LogP) is 4.50. The molecule has 0 fully saturated rings. The largest absolute Gasteiger partial charge is 0.497 e. The van der Waals surface area contributed by atoms with E-state index in [0.29, 0.717) is 27.6 Å². The Kier molecular flexibility index (Phi) is 7.69. The van der Waals surface area contributed by atoms with Crippen molar-refractivity contribution in [1.29, 1.82) is 0 Å². The van der Waals surface area contributed by atoms with Crippen LogP contribution in [0.2, 0.25) is 5.02 Å². The van der Waals surface area contributed by atoms with E-state index in [1.807, 2.05) is 0 Å². The molecule has 0 spiro atoms. The maximum Gasteiger partial charge on any atom is 0.368 e. The minimum absolute atomic E-state index is 0.145. The lowest BCUT2D eigenvalue weighted by molar-refractivity contribution is 0.0515. The number of rotatable bonds is 8. The van der Waals surface area contributed by atoms with E-state index >= 15 is 0 Å². The molecule has 0 atom stereocenters. The Balaban J connectivity index is 1.80. The summed E-state index contributed by atoms with van der Waals surface area (Å²) in [5.74, 6) is 0.644. The van der Waals surface area contributed by atoms with E-state index in [1.54, 1.807) is 55.6 Å². The van der Waals surface area contributed by atoms with Crippen molar-refractivity contribution in [2.75, 3.05) is 21.3 Å². The Labute approximate surface area is 188 Å². The van der Waals surface area contributed by atoms with E-state index in [-0.39, 0.29) is 10.6 Å². The third-order valence-corrected chi connectivity index (χ3v) is 5.15. The zero-order valence-electron chi connectivity index (χ0n) is 16.9. The van der Waals surface area contributed by atoms with Gasteiger partial charge >= 0.3 is 5.97 Å². The van der Waals surface area contributed by atoms with Crippen LogP contribution in [-0.2, 0) is 4.84 Å². The van der Waals surface area contributed by atoms with Crippen LogP contribution in [0.15, 0.2) is 63.7 Å². The van der Waals surface area contributed by atoms with Crippen LogP contribution in [0, 0.1) is 0 Å². The number of hydrogen-bond acceptors (Lipinski definition) is 9. The highest BCUT2D eigenvalue weighted by Gasteiger charge is 2.20. The van der Waals surface area contributed by atoms with Crippen LogP contribution in [0.1, 0.15) is 15.9 Å². The normalized spacial score (nSPS) is 10.7. The zero-order valence-corrected chi connectivity index (χ0v) is 18.4. The second kappa shape index (κ2) is 10.6. The second-order valence-corrected chi connectivity index (χ2v) is 7.25. The molecular weight excluding hydrogens is 442 g/mol. The number of benzene rings is 2. The number of aromatic nitrogens is 2. The lowest BCUT2D eigenvalue weighted by Gasteiger charge is -2.09. The van der Waals surface area contributed by atoms with Gasteiger partial charge in [-0.1, -0.05) is 22.8 Å². The molecule has 0 aliphatic heterocycles. The van der Waals surface area contributed by atoms with Crippen molar-refractivity contribution < 1.29 is 23.8 Å². The number of ether oxygens (including phenoxy) is 3. The first-order valence-corrected chi connectivity index (χ1v) is 10.1. The Morgan fingerprint density at radius 1 is 1.00 bits per heavy atom. The van der Waals surface area contributed by atoms with Gasteiger partial charge in [-0.15, -0.1) is 0 Å². The number of carbonyl (C=O) groups is 1. The van der Waals surface area contributed by atoms with Gasteiger partial charge in [0.05, 0.1) is 44.2 Å². The summed E-state index contributed by atoms with van der Waals surface area (Å²) in [5, 5.41) is 4.29. The van der Waals surface area contributed by atoms with Crippen molar-refractivity contribution in [2.24, 2.45) is 5.16 Å². The minimum atomic E-state index is -0.715. The quantitative estimate of drug-likeness (QED) is 0.210. The Hall–Kier alpha value is -3.30. The summed E-state index contributed by atoms with van der Waals surface area (Å²) in [6.07, 6.45) is 1.41. The Morgan fingerprint density at radius 3 is 2.29 bits per heavy atom. The number of nitrogens with zero attached hydrogens (tertiary/aromatic N) is 3. The van der Waals surface area contributed by atoms with Gasteiger partial charge in [0.25, 0.3) is 0 Å². The first kappa shape index (κ1) is 22.4. The van der Waals surface area contributed by atoms with E-state index in [2.05, 4.69) is 15.1 Å². The maximum atomic E-state index is 12.7. The summed E-state index contributed by atoms with van der Waals surface area (Å²) < 4.78 is 15.4. The van der Waals surface area contributed by atoms with Crippen molar-refractivity contribution in [2.45, 2.75) is 10.1 Å². The minimum Gasteiger partial charge on any atom is -0.497 e. The standard InChI is InChI=1S/C21H18ClN3O5S/c1-27-14-9-7-13(8-10-14)12-23-30-20(26)19-15(22)5-4-6-16(19)31-21-24-17(28-2)11-18(25-21)29-3/h4-12H,1-3H3/b23-12+. The van der Waals surface area contributed by atoms with Crippen LogP contribution in [0.4, 0.5) is 0 Å². The Morgan fingerprint density at radius 2 is 1.68 bits per heavy atom. The van der Waals surface area contributed by atoms with Crippen molar-refractivity contribution in [1.82, 2.24) is 9.97 Å². The van der Waals surface area contributed by atoms with Crippen molar-refractivity contribution in [3.8, 4) is 17.5 Å². The third-order valence-electron chi connectivity index (χ3n) is 3.91. The van der Waals surface area contributed by atoms with E-state index in [9.17, 15) is 4.79 Å². The monoisotopic (exact) mass is 459 g/mol. The number of hydrogen-bond donors (Lipinski definition) is 0. The molecule has 0 unspecified atom stereocenters. The average molecular weight is 460 g/mol. The SMILES string of the molecule is COc1ccc(/C=N/OC(=O)c2c(Cl)cccc2Sc2nc(OC)cc(OC)n2)cc1. The summed E-state index contributed by atoms with van der Waals surface area (Å²) >= 11 is 7.38. The summed E-state index contributed by atoms with van der Waals surface area (Å²) in [7, 11) is 4.55. The van der Waals surface area contributed by atoms with Crippen molar-refractivity contribution in [3.63, 3.8) is 0 Å². The zero-order chi connectivity index (χ0) is 22.2. The van der Waals surface area contributed by atoms with Gasteiger partial charge in [0.15, 0.2) is 5.16 Å². The molecular formula is C21H18ClN3O5S. The molecule has 3 rings (SSSR count). The molecule has 0 aliphatic rings. The molecule has 2 aromatic carbocycles. The van der Waals surface area contributed by atoms with Crippen LogP contribution in [0.3, 0.4) is 0 Å². The molecule has 0 amide bonds. The summed E-state index contributed by atoms with van der Waals surface area (Å²) in [4.78, 5) is 26.7. The number of carbonyl (C=O) groups excluding carboxylic acids is 1. The summed E-state index contributed by atoms with van der Waals surface area (Å²) in [6, 6.07) is 13.6. The van der Waals surface area contributed by atoms with Crippen molar-refractivity contribution in [3.05, 3.63) is 64.7 Å². The molecule has 8 nitrogen and oxygen atoms in total. The van der Waals surface area contributed by atoms with Crippen LogP contribution in [-0.4, -0.2) is 43.5 Å². The lowest BCUT2D eigenvalue weighted by Crippen LogP contribution is -2.05. The lowest BCUT2D eigenvalue weighted by atomic mass is 10.2. The van der Waals surface area contributed by atoms with E-state index in [1.165, 1.54) is 20.4 Å². The highest BCUT2D eigenvalue weighted by atomic mass is 35.5. The molecule has 0 N–H and O–H groups in total. The van der Waals surface area contributed by atoms with E-state index < -0.39 is 5.97 Å². The summed E-state index contributed by atoms with van der Waals surface area (Å²) in [5.41, 5.74) is 0.880. The fraction of sp³-hybridized carbons (Fsp3) is 0.143. The topological polar surface area (TPSA) is 92.1 Å². The predicted molar refractivity (Wildman–Crippen MR) is 117 cm³/mol. The summed E-state index contributed by atoms with van der Waals surface area (Å²) in [6.45, 7) is 0. The van der Waals surface area contributed by atoms with E-state index in [0.717, 1.165) is 17.3 Å². The van der Waals surface area contributed by atoms with Crippen molar-refractivity contribution >= 4 is 35.5 Å². The molecule has 31 heavy (non-hydrogen) atoms. The van der Waals surface area contributed by atoms with Crippen LogP contribution in [0.25, 0.3) is 0 Å². The maximum absolute atomic E-state index is 12.7. The van der Waals surface area contributed by atoms with Gasteiger partial charge in [0, 0.05) is 4.90 Å². The number of methoxy groups -OCH3 is 3. The third kappa shape index (κ3) is 5.87. The molecule has 1 heterocycles. The molecule has 160 valence electrons. The molecule has 0 aliphatic carbocycles. The number of oxime groups is 1. The fourth-order valence-corrected chi connectivity index (χ4v) is 3.61. The van der Waals surface area contributed by atoms with Gasteiger partial charge in [-0.25, -0.2) is 4.79 Å². The van der Waals surface area contributed by atoms with Gasteiger partial charge in [0.1, 0.15) is 5.75 Å². The van der Waals surface area contributed by atoms with Crippen LogP contribution in [0.5, 0.6) is 17.5 Å².